The Kier molecular flexibility index (Phi) is 7.82. The maximum atomic E-state index is 12.7. The molecule has 2 amide bonds. The van der Waals surface area contributed by atoms with E-state index in [0.29, 0.717) is 30.2 Å². The molecule has 6 nitrogen and oxygen atoms in total. The van der Waals surface area contributed by atoms with E-state index >= 15 is 0 Å². The molecule has 31 heavy (non-hydrogen) atoms. The fourth-order valence-corrected chi connectivity index (χ4v) is 3.39. The zero-order valence-corrected chi connectivity index (χ0v) is 18.6. The van der Waals surface area contributed by atoms with Gasteiger partial charge >= 0.3 is 0 Å². The molecule has 0 aliphatic carbocycles. The van der Waals surface area contributed by atoms with Gasteiger partial charge in [-0.25, -0.2) is 0 Å². The summed E-state index contributed by atoms with van der Waals surface area (Å²) in [6, 6.07) is 14.8. The van der Waals surface area contributed by atoms with E-state index in [0.717, 1.165) is 19.4 Å². The largest absolute Gasteiger partial charge is 0.378 e. The lowest BCUT2D eigenvalue weighted by Gasteiger charge is -2.19. The number of ether oxygens (including phenoxy) is 2. The van der Waals surface area contributed by atoms with Crippen LogP contribution in [0.2, 0.25) is 0 Å². The van der Waals surface area contributed by atoms with Crippen molar-refractivity contribution in [2.24, 2.45) is 0 Å². The highest BCUT2D eigenvalue weighted by atomic mass is 16.5. The third-order valence-corrected chi connectivity index (χ3v) is 5.26. The zero-order chi connectivity index (χ0) is 22.3. The summed E-state index contributed by atoms with van der Waals surface area (Å²) in [7, 11) is 0. The molecule has 1 heterocycles. The summed E-state index contributed by atoms with van der Waals surface area (Å²) in [5.41, 5.74) is 2.88. The molecule has 1 aliphatic heterocycles. The molecule has 2 aromatic rings. The first-order valence-electron chi connectivity index (χ1n) is 10.8. The van der Waals surface area contributed by atoms with Gasteiger partial charge in [-0.05, 0) is 48.1 Å². The minimum absolute atomic E-state index is 0.0275. The Balaban J connectivity index is 1.53. The number of carbonyl (C=O) groups is 2. The van der Waals surface area contributed by atoms with E-state index in [1.54, 1.807) is 12.1 Å². The van der Waals surface area contributed by atoms with Crippen LogP contribution < -0.4 is 10.6 Å². The molecule has 166 valence electrons. The number of carbonyl (C=O) groups excluding carboxylic acids is 2. The highest BCUT2D eigenvalue weighted by molar-refractivity contribution is 6.07. The molecule has 0 aromatic heterocycles. The van der Waals surface area contributed by atoms with Crippen LogP contribution in [0.3, 0.4) is 0 Å². The van der Waals surface area contributed by atoms with Crippen LogP contribution in [0.15, 0.2) is 48.5 Å². The fraction of sp³-hybridized carbons (Fsp3) is 0.440. The molecule has 6 heteroatoms. The molecule has 0 saturated carbocycles. The first-order valence-corrected chi connectivity index (χ1v) is 10.8. The zero-order valence-electron chi connectivity index (χ0n) is 18.6. The van der Waals surface area contributed by atoms with Crippen molar-refractivity contribution in [1.82, 2.24) is 0 Å². The maximum absolute atomic E-state index is 12.7. The van der Waals surface area contributed by atoms with Crippen molar-refractivity contribution in [3.05, 3.63) is 59.7 Å². The summed E-state index contributed by atoms with van der Waals surface area (Å²) < 4.78 is 11.1. The van der Waals surface area contributed by atoms with Crippen molar-refractivity contribution in [1.29, 1.82) is 0 Å². The van der Waals surface area contributed by atoms with Gasteiger partial charge < -0.3 is 20.1 Å². The van der Waals surface area contributed by atoms with Crippen LogP contribution in [0, 0.1) is 0 Å². The first-order chi connectivity index (χ1) is 14.8. The summed E-state index contributed by atoms with van der Waals surface area (Å²) in [4.78, 5) is 25.0. The van der Waals surface area contributed by atoms with E-state index in [1.807, 2.05) is 36.4 Å². The number of para-hydroxylation sites is 2. The lowest BCUT2D eigenvalue weighted by molar-refractivity contribution is -0.117. The van der Waals surface area contributed by atoms with Crippen LogP contribution in [0.25, 0.3) is 0 Å². The Bertz CT molecular complexity index is 881. The predicted molar refractivity (Wildman–Crippen MR) is 123 cm³/mol. The lowest BCUT2D eigenvalue weighted by Crippen LogP contribution is -2.19. The number of rotatable bonds is 8. The van der Waals surface area contributed by atoms with Crippen LogP contribution in [-0.4, -0.2) is 37.7 Å². The normalized spacial score (nSPS) is 16.2. The Labute approximate surface area is 184 Å². The standard InChI is InChI=1S/C25H32N2O4/c1-25(2,3)19-12-10-18(11-13-19)24(29)27-22-9-5-4-8-21(22)26-23(28)14-16-30-17-20-7-6-15-31-20/h4-5,8-13,20H,6-7,14-17H2,1-3H3,(H,26,28)(H,27,29). The number of benzene rings is 2. The summed E-state index contributed by atoms with van der Waals surface area (Å²) in [6.07, 6.45) is 2.47. The van der Waals surface area contributed by atoms with Crippen molar-refractivity contribution < 1.29 is 19.1 Å². The average molecular weight is 425 g/mol. The smallest absolute Gasteiger partial charge is 0.255 e. The molecule has 2 aromatic carbocycles. The maximum Gasteiger partial charge on any atom is 0.255 e. The molecule has 1 saturated heterocycles. The number of amides is 2. The number of anilines is 2. The van der Waals surface area contributed by atoms with Gasteiger partial charge in [-0.15, -0.1) is 0 Å². The van der Waals surface area contributed by atoms with Crippen molar-refractivity contribution in [3.8, 4) is 0 Å². The van der Waals surface area contributed by atoms with E-state index in [9.17, 15) is 9.59 Å². The summed E-state index contributed by atoms with van der Waals surface area (Å²) in [6.45, 7) is 8.05. The van der Waals surface area contributed by atoms with Crippen LogP contribution >= 0.6 is 0 Å². The Morgan fingerprint density at radius 1 is 1.03 bits per heavy atom. The highest BCUT2D eigenvalue weighted by Crippen LogP contribution is 2.24. The van der Waals surface area contributed by atoms with Crippen molar-refractivity contribution >= 4 is 23.2 Å². The van der Waals surface area contributed by atoms with E-state index in [4.69, 9.17) is 9.47 Å². The second-order valence-electron chi connectivity index (χ2n) is 8.84. The summed E-state index contributed by atoms with van der Waals surface area (Å²) >= 11 is 0. The quantitative estimate of drug-likeness (QED) is 0.599. The highest BCUT2D eigenvalue weighted by Gasteiger charge is 2.17. The van der Waals surface area contributed by atoms with E-state index < -0.39 is 0 Å². The van der Waals surface area contributed by atoms with Gasteiger partial charge in [0.15, 0.2) is 0 Å². The molecule has 0 bridgehead atoms. The summed E-state index contributed by atoms with van der Waals surface area (Å²) in [5.74, 6) is -0.384. The minimum atomic E-state index is -0.220. The van der Waals surface area contributed by atoms with Crippen molar-refractivity contribution in [2.45, 2.75) is 51.6 Å². The van der Waals surface area contributed by atoms with E-state index in [2.05, 4.69) is 31.4 Å². The van der Waals surface area contributed by atoms with Crippen LogP contribution in [0.5, 0.6) is 0 Å². The third-order valence-electron chi connectivity index (χ3n) is 5.26. The molecule has 1 fully saturated rings. The van der Waals surface area contributed by atoms with Gasteiger partial charge in [-0.3, -0.25) is 9.59 Å². The van der Waals surface area contributed by atoms with Crippen LogP contribution in [-0.2, 0) is 19.7 Å². The summed E-state index contributed by atoms with van der Waals surface area (Å²) in [5, 5.41) is 5.75. The molecule has 2 N–H and O–H groups in total. The predicted octanol–water partition coefficient (Wildman–Crippen LogP) is 4.76. The fourth-order valence-electron chi connectivity index (χ4n) is 3.39. The minimum Gasteiger partial charge on any atom is -0.378 e. The molecular formula is C25H32N2O4. The van der Waals surface area contributed by atoms with Crippen molar-refractivity contribution in [3.63, 3.8) is 0 Å². The molecular weight excluding hydrogens is 392 g/mol. The lowest BCUT2D eigenvalue weighted by atomic mass is 9.87. The molecule has 1 aliphatic rings. The van der Waals surface area contributed by atoms with Crippen molar-refractivity contribution in [2.75, 3.05) is 30.5 Å². The van der Waals surface area contributed by atoms with Gasteiger partial charge in [0.05, 0.1) is 37.1 Å². The van der Waals surface area contributed by atoms with Gasteiger partial charge in [0, 0.05) is 12.2 Å². The Morgan fingerprint density at radius 3 is 2.32 bits per heavy atom. The number of hydrogen-bond acceptors (Lipinski definition) is 4. The van der Waals surface area contributed by atoms with Crippen LogP contribution in [0.4, 0.5) is 11.4 Å². The SMILES string of the molecule is CC(C)(C)c1ccc(C(=O)Nc2ccccc2NC(=O)CCOCC2CCCO2)cc1. The Morgan fingerprint density at radius 2 is 1.71 bits per heavy atom. The van der Waals surface area contributed by atoms with Gasteiger partial charge in [-0.2, -0.15) is 0 Å². The second-order valence-corrected chi connectivity index (χ2v) is 8.84. The van der Waals surface area contributed by atoms with E-state index in [1.165, 1.54) is 5.56 Å². The number of nitrogens with one attached hydrogen (secondary N) is 2. The molecule has 0 spiro atoms. The monoisotopic (exact) mass is 424 g/mol. The van der Waals surface area contributed by atoms with Gasteiger partial charge in [-0.1, -0.05) is 45.0 Å². The van der Waals surface area contributed by atoms with E-state index in [-0.39, 0.29) is 29.8 Å². The van der Waals surface area contributed by atoms with Gasteiger partial charge in [0.25, 0.3) is 5.91 Å². The topological polar surface area (TPSA) is 76.7 Å². The number of hydrogen-bond donors (Lipinski definition) is 2. The third kappa shape index (κ3) is 6.91. The second kappa shape index (κ2) is 10.6. The molecule has 3 rings (SSSR count). The van der Waals surface area contributed by atoms with Gasteiger partial charge in [0.1, 0.15) is 0 Å². The average Bonchev–Trinajstić information content (AvgIpc) is 3.26. The van der Waals surface area contributed by atoms with Gasteiger partial charge in [0.2, 0.25) is 5.91 Å². The molecule has 1 atom stereocenters. The first kappa shape index (κ1) is 23.0. The molecule has 0 radical (unpaired) electrons. The molecule has 1 unspecified atom stereocenters. The van der Waals surface area contributed by atoms with Crippen LogP contribution in [0.1, 0.15) is 56.0 Å². The Hall–Kier alpha value is -2.70.